The number of likely N-dealkylation sites (tertiary alicyclic amines) is 2. The molecule has 2 fully saturated rings. The summed E-state index contributed by atoms with van der Waals surface area (Å²) in [5.41, 5.74) is 7.53. The maximum absolute atomic E-state index is 9.87. The monoisotopic (exact) mass is 596 g/mol. The van der Waals surface area contributed by atoms with Crippen LogP contribution in [-0.2, 0) is 23.7 Å². The lowest BCUT2D eigenvalue weighted by Gasteiger charge is -2.54. The Balaban J connectivity index is 0.000000180. The molecule has 2 heterocycles. The van der Waals surface area contributed by atoms with Gasteiger partial charge in [-0.2, -0.15) is 0 Å². The highest BCUT2D eigenvalue weighted by molar-refractivity contribution is 8.93. The van der Waals surface area contributed by atoms with Crippen LogP contribution in [0.4, 0.5) is 0 Å². The van der Waals surface area contributed by atoms with Crippen LogP contribution in [0.1, 0.15) is 76.1 Å². The van der Waals surface area contributed by atoms with Crippen molar-refractivity contribution in [2.45, 2.75) is 83.6 Å². The van der Waals surface area contributed by atoms with Crippen LogP contribution in [0.3, 0.4) is 0 Å². The largest absolute Gasteiger partial charge is 0.508 e. The molecule has 2 saturated heterocycles. The van der Waals surface area contributed by atoms with Gasteiger partial charge in [-0.25, -0.2) is 0 Å². The average molecular weight is 598 g/mol. The topological polar surface area (TPSA) is 46.9 Å². The molecule has 2 N–H and O–H groups in total. The van der Waals surface area contributed by atoms with Crippen LogP contribution in [0.15, 0.2) is 48.0 Å². The van der Waals surface area contributed by atoms with E-state index in [1.54, 1.807) is 0 Å². The summed E-state index contributed by atoms with van der Waals surface area (Å²) in [5, 5.41) is 19.6. The van der Waals surface area contributed by atoms with Gasteiger partial charge in [-0.05, 0) is 135 Å². The molecule has 5 atom stereocenters. The molecule has 39 heavy (non-hydrogen) atoms. The predicted octanol–water partition coefficient (Wildman–Crippen LogP) is 7.01. The van der Waals surface area contributed by atoms with Crippen LogP contribution in [0.25, 0.3) is 0 Å². The molecular weight excluding hydrogens is 548 g/mol. The van der Waals surface area contributed by atoms with E-state index >= 15 is 0 Å². The van der Waals surface area contributed by atoms with Crippen molar-refractivity contribution in [3.05, 3.63) is 70.3 Å². The molecule has 0 aromatic heterocycles. The molecule has 0 unspecified atom stereocenters. The number of aromatic hydroxyl groups is 2. The van der Waals surface area contributed by atoms with E-state index in [1.165, 1.54) is 66.6 Å². The Morgan fingerprint density at radius 3 is 2.26 bits per heavy atom. The molecule has 5 heteroatoms. The summed E-state index contributed by atoms with van der Waals surface area (Å²) < 4.78 is 0. The highest BCUT2D eigenvalue weighted by Crippen LogP contribution is 2.49. The summed E-state index contributed by atoms with van der Waals surface area (Å²) in [6, 6.07) is 12.6. The molecule has 0 radical (unpaired) electrons. The van der Waals surface area contributed by atoms with E-state index in [1.807, 2.05) is 24.3 Å². The van der Waals surface area contributed by atoms with Crippen molar-refractivity contribution >= 4 is 17.0 Å². The minimum atomic E-state index is 0. The van der Waals surface area contributed by atoms with E-state index < -0.39 is 0 Å². The zero-order valence-electron chi connectivity index (χ0n) is 24.8. The van der Waals surface area contributed by atoms with Gasteiger partial charge in [0.15, 0.2) is 0 Å². The first kappa shape index (κ1) is 30.1. The molecule has 6 rings (SSSR count). The van der Waals surface area contributed by atoms with Gasteiger partial charge in [0, 0.05) is 19.1 Å². The maximum Gasteiger partial charge on any atom is 0.115 e. The normalized spacial score (nSPS) is 31.4. The maximum atomic E-state index is 9.87. The SMILES string of the molecule is Br.CC(C)=CCN1CC[C@@]2(C)c3cc(O)ccc3C[C@@H]1[C@@H]2C.CN1CC[C@]2(C)C[C@@H](Cc3ccc(O)cc32)C1. The standard InChI is InChI=1S/C19H27NO.C15H21NO.BrH/c1-13(2)7-9-20-10-8-19(4)14(3)18(20)11-15-5-6-16(21)12-17(15)19;1-15-5-6-16(2)10-11(9-15)7-12-3-4-13(17)8-14(12)15;/h5-7,12,14,18,21H,8-11H2,1-4H3;3-4,8,11,17H,5-7,9-10H2,1-2H3;1H/t14-,18+,19+;11-,15-;/m01./s1. The molecule has 0 saturated carbocycles. The Hall–Kier alpha value is -1.82. The third kappa shape index (κ3) is 5.96. The first-order chi connectivity index (χ1) is 18.0. The second kappa shape index (κ2) is 11.6. The van der Waals surface area contributed by atoms with Gasteiger partial charge in [0.2, 0.25) is 0 Å². The number of allylic oxidation sites excluding steroid dienone is 1. The number of phenols is 2. The van der Waals surface area contributed by atoms with Gasteiger partial charge in [0.1, 0.15) is 11.5 Å². The molecule has 4 nitrogen and oxygen atoms in total. The van der Waals surface area contributed by atoms with Crippen LogP contribution in [-0.4, -0.2) is 59.3 Å². The Morgan fingerprint density at radius 2 is 1.59 bits per heavy atom. The van der Waals surface area contributed by atoms with Gasteiger partial charge in [-0.3, -0.25) is 4.90 Å². The summed E-state index contributed by atoms with van der Waals surface area (Å²) in [4.78, 5) is 5.11. The number of benzene rings is 2. The Bertz CT molecular complexity index is 1210. The van der Waals surface area contributed by atoms with E-state index in [9.17, 15) is 10.2 Å². The predicted molar refractivity (Wildman–Crippen MR) is 167 cm³/mol. The third-order valence-corrected chi connectivity index (χ3v) is 10.4. The minimum absolute atomic E-state index is 0. The second-order valence-corrected chi connectivity index (χ2v) is 13.5. The summed E-state index contributed by atoms with van der Waals surface area (Å²) in [6.45, 7) is 16.1. The molecule has 2 aromatic rings. The van der Waals surface area contributed by atoms with Gasteiger partial charge in [0.05, 0.1) is 0 Å². The second-order valence-electron chi connectivity index (χ2n) is 13.5. The molecule has 4 aliphatic rings. The van der Waals surface area contributed by atoms with Crippen LogP contribution in [0.5, 0.6) is 11.5 Å². The van der Waals surface area contributed by atoms with Crippen molar-refractivity contribution in [2.75, 3.05) is 33.2 Å². The summed E-state index contributed by atoms with van der Waals surface area (Å²) in [5.74, 6) is 2.24. The molecule has 2 aliphatic carbocycles. The fourth-order valence-corrected chi connectivity index (χ4v) is 7.99. The number of hydrogen-bond acceptors (Lipinski definition) is 4. The van der Waals surface area contributed by atoms with Crippen molar-refractivity contribution in [1.29, 1.82) is 0 Å². The van der Waals surface area contributed by atoms with E-state index in [2.05, 4.69) is 69.7 Å². The third-order valence-electron chi connectivity index (χ3n) is 10.4. The zero-order valence-corrected chi connectivity index (χ0v) is 26.5. The first-order valence-electron chi connectivity index (χ1n) is 14.7. The number of nitrogens with zero attached hydrogens (tertiary/aromatic N) is 2. The van der Waals surface area contributed by atoms with Crippen LogP contribution in [0.2, 0.25) is 0 Å². The number of phenolic OH excluding ortho intramolecular Hbond substituents is 2. The van der Waals surface area contributed by atoms with E-state index in [0.29, 0.717) is 23.5 Å². The molecule has 4 bridgehead atoms. The Labute approximate surface area is 246 Å². The lowest BCUT2D eigenvalue weighted by Crippen LogP contribution is -2.57. The summed E-state index contributed by atoms with van der Waals surface area (Å²) in [6.07, 6.45) is 8.29. The first-order valence-corrected chi connectivity index (χ1v) is 14.7. The van der Waals surface area contributed by atoms with Crippen LogP contribution < -0.4 is 0 Å². The molecular formula is C34H49BrN2O2. The molecule has 0 amide bonds. The molecule has 0 spiro atoms. The summed E-state index contributed by atoms with van der Waals surface area (Å²) in [7, 11) is 2.23. The van der Waals surface area contributed by atoms with Crippen molar-refractivity contribution in [1.82, 2.24) is 9.80 Å². The number of piperidine rings is 1. The highest BCUT2D eigenvalue weighted by Gasteiger charge is 2.48. The molecule has 2 aromatic carbocycles. The van der Waals surface area contributed by atoms with Gasteiger partial charge in [-0.15, -0.1) is 17.0 Å². The van der Waals surface area contributed by atoms with Gasteiger partial charge in [-0.1, -0.05) is 44.6 Å². The number of hydrogen-bond donors (Lipinski definition) is 2. The van der Waals surface area contributed by atoms with Gasteiger partial charge in [0.25, 0.3) is 0 Å². The number of rotatable bonds is 2. The highest BCUT2D eigenvalue weighted by atomic mass is 79.9. The van der Waals surface area contributed by atoms with Crippen molar-refractivity contribution in [3.63, 3.8) is 0 Å². The van der Waals surface area contributed by atoms with Gasteiger partial charge >= 0.3 is 0 Å². The average Bonchev–Trinajstić information content (AvgIpc) is 2.98. The number of fused-ring (bicyclic) bond motifs is 8. The quantitative estimate of drug-likeness (QED) is 0.366. The molecule has 2 aliphatic heterocycles. The Morgan fingerprint density at radius 1 is 0.949 bits per heavy atom. The van der Waals surface area contributed by atoms with Crippen molar-refractivity contribution in [2.24, 2.45) is 11.8 Å². The van der Waals surface area contributed by atoms with Crippen molar-refractivity contribution < 1.29 is 10.2 Å². The summed E-state index contributed by atoms with van der Waals surface area (Å²) >= 11 is 0. The molecule has 214 valence electrons. The minimum Gasteiger partial charge on any atom is -0.508 e. The lowest BCUT2D eigenvalue weighted by molar-refractivity contribution is 0.0397. The number of halogens is 1. The van der Waals surface area contributed by atoms with E-state index in [4.69, 9.17) is 0 Å². The van der Waals surface area contributed by atoms with Crippen LogP contribution in [0, 0.1) is 11.8 Å². The lowest BCUT2D eigenvalue weighted by atomic mass is 9.59. The van der Waals surface area contributed by atoms with Gasteiger partial charge < -0.3 is 15.1 Å². The van der Waals surface area contributed by atoms with E-state index in [0.717, 1.165) is 25.4 Å². The zero-order chi connectivity index (χ0) is 27.2. The van der Waals surface area contributed by atoms with Crippen molar-refractivity contribution in [3.8, 4) is 11.5 Å². The van der Waals surface area contributed by atoms with Crippen LogP contribution >= 0.6 is 17.0 Å². The van der Waals surface area contributed by atoms with E-state index in [-0.39, 0.29) is 27.8 Å². The fraction of sp³-hybridized carbons (Fsp3) is 0.588. The Kier molecular flexibility index (Phi) is 8.95. The smallest absolute Gasteiger partial charge is 0.115 e. The fourth-order valence-electron chi connectivity index (χ4n) is 7.99.